The van der Waals surface area contributed by atoms with Crippen LogP contribution in [0.5, 0.6) is 5.75 Å². The molecule has 0 atom stereocenters. The fourth-order valence-electron chi connectivity index (χ4n) is 2.64. The topological polar surface area (TPSA) is 106 Å². The number of urea groups is 1. The van der Waals surface area contributed by atoms with Crippen LogP contribution in [0.1, 0.15) is 11.4 Å². The third-order valence-electron chi connectivity index (χ3n) is 3.92. The molecule has 0 aliphatic carbocycles. The predicted octanol–water partition coefficient (Wildman–Crippen LogP) is 2.52. The van der Waals surface area contributed by atoms with E-state index in [0.717, 1.165) is 11.4 Å². The van der Waals surface area contributed by atoms with E-state index in [4.69, 9.17) is 4.74 Å². The van der Waals surface area contributed by atoms with Crippen molar-refractivity contribution in [1.82, 2.24) is 25.3 Å². The van der Waals surface area contributed by atoms with Crippen LogP contribution in [0.4, 0.5) is 16.3 Å². The first-order valence-electron chi connectivity index (χ1n) is 8.85. The van der Waals surface area contributed by atoms with Crippen molar-refractivity contribution in [3.05, 3.63) is 53.9 Å². The van der Waals surface area contributed by atoms with Gasteiger partial charge in [0.2, 0.25) is 0 Å². The summed E-state index contributed by atoms with van der Waals surface area (Å²) in [7, 11) is 1.58. The van der Waals surface area contributed by atoms with Gasteiger partial charge in [0.25, 0.3) is 0 Å². The second-order valence-corrected chi connectivity index (χ2v) is 6.16. The lowest BCUT2D eigenvalue weighted by Crippen LogP contribution is -2.32. The molecule has 0 spiro atoms. The number of aryl methyl sites for hydroxylation is 2. The number of methoxy groups -OCH3 is 1. The highest BCUT2D eigenvalue weighted by Crippen LogP contribution is 2.16. The summed E-state index contributed by atoms with van der Waals surface area (Å²) in [6.45, 7) is 4.84. The fourth-order valence-corrected chi connectivity index (χ4v) is 2.64. The van der Waals surface area contributed by atoms with Crippen molar-refractivity contribution in [3.8, 4) is 11.6 Å². The number of ether oxygens (including phenoxy) is 1. The molecule has 0 bridgehead atoms. The minimum Gasteiger partial charge on any atom is -0.497 e. The lowest BCUT2D eigenvalue weighted by molar-refractivity contribution is 0.252. The van der Waals surface area contributed by atoms with Crippen LogP contribution < -0.4 is 20.7 Å². The average Bonchev–Trinajstić information content (AvgIpc) is 3.04. The number of amides is 2. The summed E-state index contributed by atoms with van der Waals surface area (Å²) < 4.78 is 6.87. The largest absolute Gasteiger partial charge is 0.497 e. The SMILES string of the molecule is COc1cccc(NC(=O)NCCNc2ccc(-n3nc(C)cc3C)nn2)c1. The smallest absolute Gasteiger partial charge is 0.319 e. The van der Waals surface area contributed by atoms with Crippen LogP contribution in [0.15, 0.2) is 42.5 Å². The average molecular weight is 381 g/mol. The van der Waals surface area contributed by atoms with Gasteiger partial charge in [-0.25, -0.2) is 9.48 Å². The quantitative estimate of drug-likeness (QED) is 0.543. The number of anilines is 2. The number of hydrogen-bond donors (Lipinski definition) is 3. The molecular formula is C19H23N7O2. The minimum atomic E-state index is -0.291. The molecule has 3 aromatic rings. The van der Waals surface area contributed by atoms with Crippen molar-refractivity contribution in [2.75, 3.05) is 30.8 Å². The Hall–Kier alpha value is -3.62. The maximum atomic E-state index is 11.9. The highest BCUT2D eigenvalue weighted by molar-refractivity contribution is 5.89. The number of aromatic nitrogens is 4. The molecule has 3 N–H and O–H groups in total. The lowest BCUT2D eigenvalue weighted by atomic mass is 10.3. The Bertz CT molecular complexity index is 938. The van der Waals surface area contributed by atoms with Gasteiger partial charge in [-0.3, -0.25) is 0 Å². The predicted molar refractivity (Wildman–Crippen MR) is 107 cm³/mol. The van der Waals surface area contributed by atoms with Gasteiger partial charge < -0.3 is 20.7 Å². The molecule has 0 saturated heterocycles. The van der Waals surface area contributed by atoms with Crippen LogP contribution in [-0.2, 0) is 0 Å². The Balaban J connectivity index is 1.43. The number of carbonyl (C=O) groups excluding carboxylic acids is 1. The van der Waals surface area contributed by atoms with E-state index < -0.39 is 0 Å². The molecule has 9 nitrogen and oxygen atoms in total. The van der Waals surface area contributed by atoms with Crippen molar-refractivity contribution >= 4 is 17.5 Å². The molecular weight excluding hydrogens is 358 g/mol. The van der Waals surface area contributed by atoms with Gasteiger partial charge in [0.05, 0.1) is 12.8 Å². The first kappa shape index (κ1) is 19.2. The van der Waals surface area contributed by atoms with Crippen molar-refractivity contribution in [1.29, 1.82) is 0 Å². The van der Waals surface area contributed by atoms with E-state index in [-0.39, 0.29) is 6.03 Å². The second kappa shape index (κ2) is 8.85. The maximum absolute atomic E-state index is 11.9. The molecule has 0 aliphatic heterocycles. The lowest BCUT2D eigenvalue weighted by Gasteiger charge is -2.10. The molecule has 146 valence electrons. The summed E-state index contributed by atoms with van der Waals surface area (Å²) in [5.74, 6) is 1.97. The summed E-state index contributed by atoms with van der Waals surface area (Å²) in [4.78, 5) is 11.9. The zero-order valence-electron chi connectivity index (χ0n) is 16.1. The zero-order chi connectivity index (χ0) is 19.9. The fraction of sp³-hybridized carbons (Fsp3) is 0.263. The minimum absolute atomic E-state index is 0.291. The van der Waals surface area contributed by atoms with Crippen LogP contribution >= 0.6 is 0 Å². The van der Waals surface area contributed by atoms with Crippen molar-refractivity contribution in [2.24, 2.45) is 0 Å². The normalized spacial score (nSPS) is 10.4. The molecule has 2 heterocycles. The number of nitrogens with zero attached hydrogens (tertiary/aromatic N) is 4. The first-order chi connectivity index (χ1) is 13.5. The standard InChI is InChI=1S/C19H23N7O2/c1-13-11-14(2)26(25-13)18-8-7-17(23-24-18)20-9-10-21-19(27)22-15-5-4-6-16(12-15)28-3/h4-8,11-12H,9-10H2,1-3H3,(H,20,23)(H2,21,22,27). The van der Waals surface area contributed by atoms with Crippen LogP contribution in [-0.4, -0.2) is 46.2 Å². The van der Waals surface area contributed by atoms with Crippen LogP contribution in [0.25, 0.3) is 5.82 Å². The van der Waals surface area contributed by atoms with E-state index >= 15 is 0 Å². The zero-order valence-corrected chi connectivity index (χ0v) is 16.1. The van der Waals surface area contributed by atoms with Gasteiger partial charge in [-0.05, 0) is 44.2 Å². The summed E-state index contributed by atoms with van der Waals surface area (Å²) in [5, 5.41) is 21.4. The van der Waals surface area contributed by atoms with E-state index in [1.807, 2.05) is 44.2 Å². The van der Waals surface area contributed by atoms with E-state index in [2.05, 4.69) is 31.2 Å². The molecule has 2 aromatic heterocycles. The second-order valence-electron chi connectivity index (χ2n) is 6.16. The van der Waals surface area contributed by atoms with Gasteiger partial charge in [-0.2, -0.15) is 5.10 Å². The highest BCUT2D eigenvalue weighted by Gasteiger charge is 2.06. The Morgan fingerprint density at radius 1 is 1.11 bits per heavy atom. The van der Waals surface area contributed by atoms with Crippen LogP contribution in [0.2, 0.25) is 0 Å². The monoisotopic (exact) mass is 381 g/mol. The number of carbonyl (C=O) groups is 1. The van der Waals surface area contributed by atoms with Crippen LogP contribution in [0, 0.1) is 13.8 Å². The Kier molecular flexibility index (Phi) is 6.05. The van der Waals surface area contributed by atoms with E-state index in [9.17, 15) is 4.79 Å². The van der Waals surface area contributed by atoms with Crippen molar-refractivity contribution < 1.29 is 9.53 Å². The van der Waals surface area contributed by atoms with Gasteiger partial charge in [0.1, 0.15) is 11.6 Å². The number of hydrogen-bond acceptors (Lipinski definition) is 6. The Labute approximate surface area is 163 Å². The molecule has 3 rings (SSSR count). The van der Waals surface area contributed by atoms with Gasteiger partial charge >= 0.3 is 6.03 Å². The van der Waals surface area contributed by atoms with Gasteiger partial charge in [-0.15, -0.1) is 10.2 Å². The van der Waals surface area contributed by atoms with Gasteiger partial charge in [0, 0.05) is 30.5 Å². The van der Waals surface area contributed by atoms with E-state index in [1.54, 1.807) is 23.9 Å². The molecule has 2 amide bonds. The number of benzene rings is 1. The third-order valence-corrected chi connectivity index (χ3v) is 3.92. The highest BCUT2D eigenvalue weighted by atomic mass is 16.5. The third kappa shape index (κ3) is 4.97. The molecule has 9 heteroatoms. The molecule has 0 saturated carbocycles. The summed E-state index contributed by atoms with van der Waals surface area (Å²) in [6, 6.07) is 12.5. The van der Waals surface area contributed by atoms with Gasteiger partial charge in [-0.1, -0.05) is 6.07 Å². The van der Waals surface area contributed by atoms with Crippen molar-refractivity contribution in [3.63, 3.8) is 0 Å². The van der Waals surface area contributed by atoms with E-state index in [0.29, 0.717) is 36.2 Å². The molecule has 0 unspecified atom stereocenters. The summed E-state index contributed by atoms with van der Waals surface area (Å²) in [6.07, 6.45) is 0. The Morgan fingerprint density at radius 2 is 1.96 bits per heavy atom. The maximum Gasteiger partial charge on any atom is 0.319 e. The first-order valence-corrected chi connectivity index (χ1v) is 8.85. The molecule has 1 aromatic carbocycles. The van der Waals surface area contributed by atoms with Gasteiger partial charge in [0.15, 0.2) is 5.82 Å². The van der Waals surface area contributed by atoms with Crippen molar-refractivity contribution in [2.45, 2.75) is 13.8 Å². The number of rotatable bonds is 7. The Morgan fingerprint density at radius 3 is 2.64 bits per heavy atom. The summed E-state index contributed by atoms with van der Waals surface area (Å²) in [5.41, 5.74) is 2.59. The molecule has 0 aliphatic rings. The van der Waals surface area contributed by atoms with Crippen LogP contribution in [0.3, 0.4) is 0 Å². The number of nitrogens with one attached hydrogen (secondary N) is 3. The molecule has 0 radical (unpaired) electrons. The summed E-state index contributed by atoms with van der Waals surface area (Å²) >= 11 is 0. The molecule has 28 heavy (non-hydrogen) atoms. The molecule has 0 fully saturated rings. The van der Waals surface area contributed by atoms with E-state index in [1.165, 1.54) is 0 Å².